The lowest BCUT2D eigenvalue weighted by atomic mass is 10.2. The highest BCUT2D eigenvalue weighted by atomic mass is 35.5. The van der Waals surface area contributed by atoms with Crippen molar-refractivity contribution in [2.45, 2.75) is 12.3 Å². The first-order valence-corrected chi connectivity index (χ1v) is 10.3. The summed E-state index contributed by atoms with van der Waals surface area (Å²) in [4.78, 5) is 3.49. The number of benzene rings is 1. The molecule has 1 aliphatic heterocycles. The van der Waals surface area contributed by atoms with Gasteiger partial charge in [0.05, 0.1) is 10.1 Å². The minimum atomic E-state index is -3.24. The Morgan fingerprint density at radius 2 is 1.70 bits per heavy atom. The van der Waals surface area contributed by atoms with Crippen LogP contribution in [0.3, 0.4) is 0 Å². The molecule has 4 nitrogen and oxygen atoms in total. The third-order valence-corrected chi connectivity index (χ3v) is 6.99. The fourth-order valence-corrected chi connectivity index (χ4v) is 5.35. The molecule has 0 unspecified atom stereocenters. The van der Waals surface area contributed by atoms with E-state index in [9.17, 15) is 8.42 Å². The van der Waals surface area contributed by atoms with E-state index in [2.05, 4.69) is 4.90 Å². The monoisotopic (exact) mass is 370 g/mol. The highest BCUT2D eigenvalue weighted by Gasteiger charge is 2.27. The van der Waals surface area contributed by atoms with E-state index in [4.69, 9.17) is 11.6 Å². The zero-order chi connectivity index (χ0) is 16.3. The van der Waals surface area contributed by atoms with Gasteiger partial charge in [-0.05, 0) is 17.7 Å². The summed E-state index contributed by atoms with van der Waals surface area (Å²) >= 11 is 7.53. The lowest BCUT2D eigenvalue weighted by Gasteiger charge is -2.33. The fourth-order valence-electron chi connectivity index (χ4n) is 2.70. The number of halogens is 1. The van der Waals surface area contributed by atoms with Crippen LogP contribution in [0.25, 0.3) is 0 Å². The van der Waals surface area contributed by atoms with E-state index < -0.39 is 10.0 Å². The van der Waals surface area contributed by atoms with Crippen LogP contribution in [-0.4, -0.2) is 43.8 Å². The largest absolute Gasteiger partial charge is 0.296 e. The Kier molecular flexibility index (Phi) is 5.38. The van der Waals surface area contributed by atoms with Gasteiger partial charge in [0.2, 0.25) is 10.0 Å². The summed E-state index contributed by atoms with van der Waals surface area (Å²) in [5.74, 6) is 0.0778. The van der Waals surface area contributed by atoms with Gasteiger partial charge in [0.1, 0.15) is 0 Å². The van der Waals surface area contributed by atoms with Gasteiger partial charge in [0, 0.05) is 37.6 Å². The summed E-state index contributed by atoms with van der Waals surface area (Å²) in [6.45, 7) is 3.44. The molecule has 0 spiro atoms. The number of thiophene rings is 1. The molecule has 3 rings (SSSR count). The zero-order valence-corrected chi connectivity index (χ0v) is 15.1. The van der Waals surface area contributed by atoms with Crippen LogP contribution in [0.4, 0.5) is 0 Å². The van der Waals surface area contributed by atoms with E-state index >= 15 is 0 Å². The molecule has 2 aromatic rings. The van der Waals surface area contributed by atoms with Gasteiger partial charge in [-0.1, -0.05) is 41.9 Å². The molecule has 7 heteroatoms. The van der Waals surface area contributed by atoms with Crippen molar-refractivity contribution in [3.63, 3.8) is 0 Å². The molecule has 0 amide bonds. The minimum Gasteiger partial charge on any atom is -0.296 e. The maximum atomic E-state index is 12.5. The van der Waals surface area contributed by atoms with Gasteiger partial charge in [-0.3, -0.25) is 4.90 Å². The molecule has 1 saturated heterocycles. The first-order chi connectivity index (χ1) is 11.0. The second-order valence-electron chi connectivity index (χ2n) is 5.62. The van der Waals surface area contributed by atoms with Crippen LogP contribution in [0, 0.1) is 0 Å². The highest BCUT2D eigenvalue weighted by Crippen LogP contribution is 2.23. The standard InChI is InChI=1S/C16H19ClN2O2S2/c17-16-7-6-15(22-16)12-18-8-10-19(11-9-18)23(20,21)13-14-4-2-1-3-5-14/h1-7H,8-13H2. The average molecular weight is 371 g/mol. The molecule has 0 N–H and O–H groups in total. The molecular weight excluding hydrogens is 352 g/mol. The smallest absolute Gasteiger partial charge is 0.218 e. The van der Waals surface area contributed by atoms with Crippen molar-refractivity contribution in [2.75, 3.05) is 26.2 Å². The zero-order valence-electron chi connectivity index (χ0n) is 12.7. The molecule has 0 aliphatic carbocycles. The van der Waals surface area contributed by atoms with E-state index in [1.165, 1.54) is 4.88 Å². The van der Waals surface area contributed by atoms with E-state index in [1.807, 2.05) is 42.5 Å². The van der Waals surface area contributed by atoms with Crippen molar-refractivity contribution in [1.82, 2.24) is 9.21 Å². The van der Waals surface area contributed by atoms with Crippen LogP contribution in [-0.2, 0) is 22.3 Å². The summed E-state index contributed by atoms with van der Waals surface area (Å²) in [7, 11) is -3.24. The van der Waals surface area contributed by atoms with Gasteiger partial charge in [0.15, 0.2) is 0 Å². The Labute approximate surface area is 146 Å². The van der Waals surface area contributed by atoms with Gasteiger partial charge < -0.3 is 0 Å². The maximum Gasteiger partial charge on any atom is 0.218 e. The predicted octanol–water partition coefficient (Wildman–Crippen LogP) is 3.05. The maximum absolute atomic E-state index is 12.5. The Morgan fingerprint density at radius 3 is 2.30 bits per heavy atom. The second kappa shape index (κ2) is 7.32. The molecule has 0 atom stereocenters. The summed E-state index contributed by atoms with van der Waals surface area (Å²) in [6.07, 6.45) is 0. The highest BCUT2D eigenvalue weighted by molar-refractivity contribution is 7.88. The van der Waals surface area contributed by atoms with E-state index in [1.54, 1.807) is 15.6 Å². The van der Waals surface area contributed by atoms with Crippen molar-refractivity contribution in [3.8, 4) is 0 Å². The van der Waals surface area contributed by atoms with Crippen LogP contribution in [0.15, 0.2) is 42.5 Å². The summed E-state index contributed by atoms with van der Waals surface area (Å²) in [5.41, 5.74) is 0.836. The molecule has 0 radical (unpaired) electrons. The number of nitrogens with zero attached hydrogens (tertiary/aromatic N) is 2. The first-order valence-electron chi connectivity index (χ1n) is 7.51. The molecule has 1 aliphatic rings. The normalized spacial score (nSPS) is 17.4. The van der Waals surface area contributed by atoms with E-state index in [0.717, 1.165) is 29.5 Å². The van der Waals surface area contributed by atoms with Crippen molar-refractivity contribution >= 4 is 33.0 Å². The van der Waals surface area contributed by atoms with Gasteiger partial charge in [-0.25, -0.2) is 8.42 Å². The Balaban J connectivity index is 1.55. The Hall–Kier alpha value is -0.920. The van der Waals surface area contributed by atoms with Crippen LogP contribution in [0.5, 0.6) is 0 Å². The lowest BCUT2D eigenvalue weighted by Crippen LogP contribution is -2.48. The summed E-state index contributed by atoms with van der Waals surface area (Å²) in [5, 5.41) is 0. The Bertz CT molecular complexity index is 738. The van der Waals surface area contributed by atoms with Gasteiger partial charge >= 0.3 is 0 Å². The molecule has 124 valence electrons. The average Bonchev–Trinajstić information content (AvgIpc) is 2.93. The first kappa shape index (κ1) is 16.9. The number of piperazine rings is 1. The van der Waals surface area contributed by atoms with Gasteiger partial charge in [-0.15, -0.1) is 11.3 Å². The van der Waals surface area contributed by atoms with Crippen molar-refractivity contribution < 1.29 is 8.42 Å². The third kappa shape index (κ3) is 4.55. The number of sulfonamides is 1. The quantitative estimate of drug-likeness (QED) is 0.812. The fraction of sp³-hybridized carbons (Fsp3) is 0.375. The van der Waals surface area contributed by atoms with Gasteiger partial charge in [-0.2, -0.15) is 4.31 Å². The third-order valence-electron chi connectivity index (χ3n) is 3.92. The number of hydrogen-bond donors (Lipinski definition) is 0. The van der Waals surface area contributed by atoms with Crippen LogP contribution < -0.4 is 0 Å². The summed E-state index contributed by atoms with van der Waals surface area (Å²) < 4.78 is 27.4. The van der Waals surface area contributed by atoms with Crippen molar-refractivity contribution in [3.05, 3.63) is 57.2 Å². The summed E-state index contributed by atoms with van der Waals surface area (Å²) in [6, 6.07) is 13.3. The van der Waals surface area contributed by atoms with Gasteiger partial charge in [0.25, 0.3) is 0 Å². The lowest BCUT2D eigenvalue weighted by molar-refractivity contribution is 0.183. The van der Waals surface area contributed by atoms with E-state index in [-0.39, 0.29) is 5.75 Å². The molecule has 2 heterocycles. The number of rotatable bonds is 5. The van der Waals surface area contributed by atoms with Crippen molar-refractivity contribution in [2.24, 2.45) is 0 Å². The predicted molar refractivity (Wildman–Crippen MR) is 95.2 cm³/mol. The molecule has 1 aromatic carbocycles. The molecule has 23 heavy (non-hydrogen) atoms. The van der Waals surface area contributed by atoms with E-state index in [0.29, 0.717) is 13.1 Å². The molecular formula is C16H19ClN2O2S2. The molecule has 1 fully saturated rings. The minimum absolute atomic E-state index is 0.0778. The van der Waals surface area contributed by atoms with Crippen molar-refractivity contribution in [1.29, 1.82) is 0 Å². The SMILES string of the molecule is O=S(=O)(Cc1ccccc1)N1CCN(Cc2ccc(Cl)s2)CC1. The van der Waals surface area contributed by atoms with Crippen LogP contribution >= 0.6 is 22.9 Å². The number of hydrogen-bond acceptors (Lipinski definition) is 4. The van der Waals surface area contributed by atoms with Crippen LogP contribution in [0.2, 0.25) is 4.34 Å². The molecule has 0 saturated carbocycles. The molecule has 1 aromatic heterocycles. The topological polar surface area (TPSA) is 40.6 Å². The Morgan fingerprint density at radius 1 is 1.00 bits per heavy atom. The second-order valence-corrected chi connectivity index (χ2v) is 9.39. The molecule has 0 bridgehead atoms. The van der Waals surface area contributed by atoms with Crippen LogP contribution in [0.1, 0.15) is 10.4 Å².